The molecule has 0 radical (unpaired) electrons. The van der Waals surface area contributed by atoms with Crippen LogP contribution in [0, 0.1) is 0 Å². The third-order valence-electron chi connectivity index (χ3n) is 4.43. The van der Waals surface area contributed by atoms with E-state index in [1.807, 2.05) is 18.2 Å². The number of phenolic OH excluding ortho intramolecular Hbond substituents is 1. The van der Waals surface area contributed by atoms with Crippen LogP contribution in [0.15, 0.2) is 53.4 Å². The van der Waals surface area contributed by atoms with Crippen molar-refractivity contribution in [2.45, 2.75) is 30.4 Å². The van der Waals surface area contributed by atoms with Crippen molar-refractivity contribution in [3.63, 3.8) is 0 Å². The van der Waals surface area contributed by atoms with Gasteiger partial charge in [0.15, 0.2) is 0 Å². The molecule has 0 saturated heterocycles. The Labute approximate surface area is 170 Å². The minimum Gasteiger partial charge on any atom is -0.507 e. The molecule has 5 nitrogen and oxygen atoms in total. The van der Waals surface area contributed by atoms with Crippen molar-refractivity contribution in [2.24, 2.45) is 0 Å². The second-order valence-electron chi connectivity index (χ2n) is 6.55. The number of benzene rings is 2. The van der Waals surface area contributed by atoms with Gasteiger partial charge >= 0.3 is 0 Å². The molecule has 0 aromatic heterocycles. The van der Waals surface area contributed by atoms with E-state index in [4.69, 9.17) is 0 Å². The molecule has 150 valence electrons. The number of rotatable bonds is 9. The van der Waals surface area contributed by atoms with Crippen LogP contribution >= 0.6 is 12.4 Å². The summed E-state index contributed by atoms with van der Waals surface area (Å²) in [7, 11) is 0.775. The summed E-state index contributed by atoms with van der Waals surface area (Å²) in [6.45, 7) is 3.40. The van der Waals surface area contributed by atoms with Gasteiger partial charge < -0.3 is 20.4 Å². The number of hydrogen-bond acceptors (Lipinski definition) is 5. The number of hydrogen-bond donors (Lipinski definition) is 3. The number of aliphatic hydroxyl groups excluding tert-OH is 1. The number of nitrogens with zero attached hydrogens (tertiary/aromatic N) is 1. The highest BCUT2D eigenvalue weighted by Gasteiger charge is 2.14. The lowest BCUT2D eigenvalue weighted by Crippen LogP contribution is -2.33. The van der Waals surface area contributed by atoms with Gasteiger partial charge in [-0.05, 0) is 43.2 Å². The molecule has 7 heteroatoms. The van der Waals surface area contributed by atoms with Gasteiger partial charge in [-0.3, -0.25) is 4.21 Å². The summed E-state index contributed by atoms with van der Waals surface area (Å²) in [5, 5.41) is 23.4. The van der Waals surface area contributed by atoms with Crippen LogP contribution < -0.4 is 10.2 Å². The number of aromatic hydroxyl groups is 1. The first kappa shape index (κ1) is 23.4. The zero-order chi connectivity index (χ0) is 19.1. The highest BCUT2D eigenvalue weighted by molar-refractivity contribution is 7.84. The zero-order valence-electron chi connectivity index (χ0n) is 16.0. The van der Waals surface area contributed by atoms with Gasteiger partial charge in [-0.15, -0.1) is 12.4 Å². The second-order valence-corrected chi connectivity index (χ2v) is 7.90. The van der Waals surface area contributed by atoms with Crippen molar-refractivity contribution in [3.05, 3.63) is 54.1 Å². The van der Waals surface area contributed by atoms with E-state index >= 15 is 0 Å². The molecular formula is C20H29ClN2O3S. The fourth-order valence-corrected chi connectivity index (χ4v) is 3.36. The van der Waals surface area contributed by atoms with E-state index in [1.54, 1.807) is 12.1 Å². The molecule has 0 aliphatic carbocycles. The first-order chi connectivity index (χ1) is 12.4. The first-order valence-electron chi connectivity index (χ1n) is 8.72. The summed E-state index contributed by atoms with van der Waals surface area (Å²) >= 11 is 0. The number of nitrogens with one attached hydrogen (secondary N) is 1. The van der Waals surface area contributed by atoms with E-state index in [0.717, 1.165) is 13.0 Å². The van der Waals surface area contributed by atoms with E-state index < -0.39 is 16.9 Å². The lowest BCUT2D eigenvalue weighted by atomic mass is 10.1. The Morgan fingerprint density at radius 3 is 2.48 bits per heavy atom. The lowest BCUT2D eigenvalue weighted by molar-refractivity contribution is 0.170. The van der Waals surface area contributed by atoms with Crippen LogP contribution in [-0.4, -0.2) is 46.9 Å². The molecular weight excluding hydrogens is 384 g/mol. The maximum atomic E-state index is 11.6. The maximum absolute atomic E-state index is 11.6. The number of aliphatic hydroxyl groups is 1. The Morgan fingerprint density at radius 2 is 1.85 bits per heavy atom. The molecule has 27 heavy (non-hydrogen) atoms. The Bertz CT molecular complexity index is 730. The Balaban J connectivity index is 0.00000364. The van der Waals surface area contributed by atoms with Crippen molar-refractivity contribution in [2.75, 3.05) is 31.3 Å². The molecule has 3 N–H and O–H groups in total. The Kier molecular flexibility index (Phi) is 9.80. The minimum absolute atomic E-state index is 0. The van der Waals surface area contributed by atoms with Gasteiger partial charge in [0.2, 0.25) is 0 Å². The molecule has 3 unspecified atom stereocenters. The van der Waals surface area contributed by atoms with Gasteiger partial charge in [-0.1, -0.05) is 24.3 Å². The van der Waals surface area contributed by atoms with Crippen molar-refractivity contribution >= 4 is 28.9 Å². The topological polar surface area (TPSA) is 72.8 Å². The van der Waals surface area contributed by atoms with Crippen molar-refractivity contribution < 1.29 is 14.4 Å². The quantitative estimate of drug-likeness (QED) is 0.590. The molecule has 0 aliphatic rings. The number of para-hydroxylation sites is 1. The summed E-state index contributed by atoms with van der Waals surface area (Å²) in [6, 6.07) is 15.2. The summed E-state index contributed by atoms with van der Waals surface area (Å²) in [5.74, 6) is -0.00735. The zero-order valence-corrected chi connectivity index (χ0v) is 17.6. The van der Waals surface area contributed by atoms with Crippen LogP contribution in [0.2, 0.25) is 0 Å². The van der Waals surface area contributed by atoms with E-state index in [9.17, 15) is 14.4 Å². The molecule has 0 aliphatic heterocycles. The van der Waals surface area contributed by atoms with Crippen molar-refractivity contribution in [1.29, 1.82) is 0 Å². The van der Waals surface area contributed by atoms with Gasteiger partial charge in [0.1, 0.15) is 5.75 Å². The smallest absolute Gasteiger partial charge is 0.131 e. The monoisotopic (exact) mass is 412 g/mol. The number of halogens is 1. The molecule has 2 aromatic carbocycles. The normalized spacial score (nSPS) is 14.1. The fourth-order valence-electron chi connectivity index (χ4n) is 2.70. The number of anilines is 1. The molecule has 3 atom stereocenters. The van der Waals surface area contributed by atoms with Gasteiger partial charge in [-0.25, -0.2) is 0 Å². The summed E-state index contributed by atoms with van der Waals surface area (Å²) in [4.78, 5) is 2.55. The van der Waals surface area contributed by atoms with Gasteiger partial charge in [0, 0.05) is 38.1 Å². The second kappa shape index (κ2) is 11.3. The molecule has 0 fully saturated rings. The van der Waals surface area contributed by atoms with E-state index in [-0.39, 0.29) is 24.2 Å². The Hall–Kier alpha value is -1.60. The van der Waals surface area contributed by atoms with Crippen LogP contribution in [0.25, 0.3) is 0 Å². The van der Waals surface area contributed by atoms with Gasteiger partial charge in [-0.2, -0.15) is 0 Å². The largest absolute Gasteiger partial charge is 0.507 e. The lowest BCUT2D eigenvalue weighted by Gasteiger charge is -2.23. The van der Waals surface area contributed by atoms with Gasteiger partial charge in [0.25, 0.3) is 0 Å². The molecule has 0 bridgehead atoms. The SMILES string of the molecule is CC(CCN(C)c1ccccc1)NCC(O)c1ccc(O)c(S(C)=O)c1.Cl. The summed E-state index contributed by atoms with van der Waals surface area (Å²) < 4.78 is 11.6. The highest BCUT2D eigenvalue weighted by atomic mass is 35.5. The summed E-state index contributed by atoms with van der Waals surface area (Å²) in [5.41, 5.74) is 1.83. The van der Waals surface area contributed by atoms with Crippen LogP contribution in [0.3, 0.4) is 0 Å². The molecule has 0 amide bonds. The van der Waals surface area contributed by atoms with Crippen LogP contribution in [-0.2, 0) is 10.8 Å². The third-order valence-corrected chi connectivity index (χ3v) is 5.38. The van der Waals surface area contributed by atoms with Crippen molar-refractivity contribution in [1.82, 2.24) is 5.32 Å². The van der Waals surface area contributed by atoms with E-state index in [2.05, 4.69) is 36.3 Å². The molecule has 0 saturated carbocycles. The van der Waals surface area contributed by atoms with Crippen LogP contribution in [0.5, 0.6) is 5.75 Å². The Morgan fingerprint density at radius 1 is 1.19 bits per heavy atom. The average Bonchev–Trinajstić information content (AvgIpc) is 2.64. The maximum Gasteiger partial charge on any atom is 0.131 e. The number of phenols is 1. The van der Waals surface area contributed by atoms with Gasteiger partial charge in [0.05, 0.1) is 21.8 Å². The first-order valence-corrected chi connectivity index (χ1v) is 10.3. The highest BCUT2D eigenvalue weighted by Crippen LogP contribution is 2.24. The molecule has 2 rings (SSSR count). The fraction of sp³-hybridized carbons (Fsp3) is 0.400. The van der Waals surface area contributed by atoms with E-state index in [0.29, 0.717) is 17.0 Å². The third kappa shape index (κ3) is 7.14. The molecule has 0 heterocycles. The predicted molar refractivity (Wildman–Crippen MR) is 114 cm³/mol. The van der Waals surface area contributed by atoms with Crippen LogP contribution in [0.1, 0.15) is 25.0 Å². The molecule has 0 spiro atoms. The van der Waals surface area contributed by atoms with Crippen LogP contribution in [0.4, 0.5) is 5.69 Å². The minimum atomic E-state index is -1.29. The van der Waals surface area contributed by atoms with Crippen molar-refractivity contribution in [3.8, 4) is 5.75 Å². The van der Waals surface area contributed by atoms with E-state index in [1.165, 1.54) is 18.0 Å². The average molecular weight is 413 g/mol. The molecule has 2 aromatic rings. The summed E-state index contributed by atoms with van der Waals surface area (Å²) in [6.07, 6.45) is 1.74. The standard InChI is InChI=1S/C20H28N2O3S.ClH/c1-15(11-12-22(2)17-7-5-4-6-8-17)21-14-19(24)16-9-10-18(23)20(13-16)26(3)25;/h4-10,13,15,19,21,23-24H,11-12,14H2,1-3H3;1H. The predicted octanol–water partition coefficient (Wildman–Crippen LogP) is 3.09.